The van der Waals surface area contributed by atoms with Crippen molar-refractivity contribution in [3.63, 3.8) is 0 Å². The van der Waals surface area contributed by atoms with Gasteiger partial charge in [-0.2, -0.15) is 0 Å². The molecule has 5 heterocycles. The number of aryl methyl sites for hydroxylation is 1. The second kappa shape index (κ2) is 8.23. The van der Waals surface area contributed by atoms with Gasteiger partial charge in [0.15, 0.2) is 0 Å². The maximum atomic E-state index is 13.0. The van der Waals surface area contributed by atoms with E-state index >= 15 is 0 Å². The summed E-state index contributed by atoms with van der Waals surface area (Å²) in [6, 6.07) is 11.5. The van der Waals surface area contributed by atoms with Crippen LogP contribution in [0.2, 0.25) is 0 Å². The summed E-state index contributed by atoms with van der Waals surface area (Å²) in [5, 5.41) is 15.5. The van der Waals surface area contributed by atoms with Gasteiger partial charge in [0.05, 0.1) is 17.4 Å². The van der Waals surface area contributed by atoms with Crippen LogP contribution in [0.3, 0.4) is 0 Å². The zero-order valence-electron chi connectivity index (χ0n) is 18.6. The molecule has 3 N–H and O–H groups in total. The van der Waals surface area contributed by atoms with Crippen LogP contribution in [-0.2, 0) is 7.05 Å². The highest BCUT2D eigenvalue weighted by molar-refractivity contribution is 6.06. The number of nitrogens with zero attached hydrogens (tertiary/aromatic N) is 6. The fourth-order valence-electron chi connectivity index (χ4n) is 4.34. The fourth-order valence-corrected chi connectivity index (χ4v) is 4.34. The molecule has 4 aromatic heterocycles. The molecule has 10 nitrogen and oxygen atoms in total. The lowest BCUT2D eigenvalue weighted by atomic mass is 10.0. The van der Waals surface area contributed by atoms with E-state index in [1.54, 1.807) is 23.1 Å². The third-order valence-electron chi connectivity index (χ3n) is 6.16. The lowest BCUT2D eigenvalue weighted by molar-refractivity contribution is 0.102. The monoisotopic (exact) mass is 453 g/mol. The molecular weight excluding hydrogens is 430 g/mol. The highest BCUT2D eigenvalue weighted by atomic mass is 16.1. The van der Waals surface area contributed by atoms with Crippen LogP contribution in [0.25, 0.3) is 33.2 Å². The lowest BCUT2D eigenvalue weighted by Gasteiger charge is -2.28. The molecule has 0 bridgehead atoms. The molecule has 6 rings (SSSR count). The SMILES string of the molecule is Cn1nnc2ccc(-c3c[nH]c4ncc(NC(=O)c5ccnc(N6CCNCC6)c5)cc34)cc21. The minimum atomic E-state index is -0.195. The van der Waals surface area contributed by atoms with Crippen LogP contribution < -0.4 is 15.5 Å². The minimum absolute atomic E-state index is 0.195. The van der Waals surface area contributed by atoms with Crippen molar-refractivity contribution in [3.05, 3.63) is 60.6 Å². The Morgan fingerprint density at radius 2 is 1.97 bits per heavy atom. The number of carbonyl (C=O) groups is 1. The van der Waals surface area contributed by atoms with Crippen molar-refractivity contribution < 1.29 is 4.79 Å². The Labute approximate surface area is 195 Å². The smallest absolute Gasteiger partial charge is 0.255 e. The molecule has 170 valence electrons. The quantitative estimate of drug-likeness (QED) is 0.383. The number of pyridine rings is 2. The second-order valence-corrected chi connectivity index (χ2v) is 8.33. The summed E-state index contributed by atoms with van der Waals surface area (Å²) in [6.07, 6.45) is 5.27. The Balaban J connectivity index is 1.29. The van der Waals surface area contributed by atoms with Gasteiger partial charge in [-0.15, -0.1) is 5.10 Å². The lowest BCUT2D eigenvalue weighted by Crippen LogP contribution is -2.43. The van der Waals surface area contributed by atoms with Crippen molar-refractivity contribution in [1.82, 2.24) is 35.3 Å². The van der Waals surface area contributed by atoms with Crippen LogP contribution in [0.4, 0.5) is 11.5 Å². The van der Waals surface area contributed by atoms with E-state index in [9.17, 15) is 4.79 Å². The number of benzene rings is 1. The number of hydrogen-bond donors (Lipinski definition) is 3. The van der Waals surface area contributed by atoms with Gasteiger partial charge in [0.25, 0.3) is 5.91 Å². The molecule has 1 amide bonds. The fraction of sp³-hybridized carbons (Fsp3) is 0.208. The highest BCUT2D eigenvalue weighted by Gasteiger charge is 2.15. The van der Waals surface area contributed by atoms with Gasteiger partial charge in [-0.3, -0.25) is 4.79 Å². The third-order valence-corrected chi connectivity index (χ3v) is 6.16. The molecule has 0 saturated carbocycles. The van der Waals surface area contributed by atoms with E-state index in [-0.39, 0.29) is 5.91 Å². The molecular formula is C24H23N9O. The van der Waals surface area contributed by atoms with E-state index in [2.05, 4.69) is 46.9 Å². The minimum Gasteiger partial charge on any atom is -0.354 e. The van der Waals surface area contributed by atoms with Crippen molar-refractivity contribution in [2.45, 2.75) is 0 Å². The number of amides is 1. The topological polar surface area (TPSA) is 117 Å². The van der Waals surface area contributed by atoms with Crippen LogP contribution in [0.5, 0.6) is 0 Å². The first kappa shape index (κ1) is 20.3. The summed E-state index contributed by atoms with van der Waals surface area (Å²) in [4.78, 5) is 27.4. The number of nitrogens with one attached hydrogen (secondary N) is 3. The average molecular weight is 454 g/mol. The van der Waals surface area contributed by atoms with Crippen LogP contribution in [0.1, 0.15) is 10.4 Å². The summed E-state index contributed by atoms with van der Waals surface area (Å²) in [7, 11) is 1.87. The molecule has 0 spiro atoms. The highest BCUT2D eigenvalue weighted by Crippen LogP contribution is 2.31. The zero-order chi connectivity index (χ0) is 23.1. The van der Waals surface area contributed by atoms with Crippen LogP contribution in [0.15, 0.2) is 55.0 Å². The van der Waals surface area contributed by atoms with E-state index < -0.39 is 0 Å². The van der Waals surface area contributed by atoms with Crippen molar-refractivity contribution in [1.29, 1.82) is 0 Å². The van der Waals surface area contributed by atoms with Crippen molar-refractivity contribution in [2.24, 2.45) is 7.05 Å². The molecule has 34 heavy (non-hydrogen) atoms. The van der Waals surface area contributed by atoms with E-state index in [0.29, 0.717) is 11.3 Å². The van der Waals surface area contributed by atoms with Gasteiger partial charge in [0.2, 0.25) is 0 Å². The molecule has 10 heteroatoms. The number of rotatable bonds is 4. The largest absolute Gasteiger partial charge is 0.354 e. The van der Waals surface area contributed by atoms with Gasteiger partial charge in [0.1, 0.15) is 17.0 Å². The number of hydrogen-bond acceptors (Lipinski definition) is 7. The number of aromatic nitrogens is 6. The molecule has 1 aliphatic rings. The van der Waals surface area contributed by atoms with Gasteiger partial charge < -0.3 is 20.5 Å². The Morgan fingerprint density at radius 1 is 1.09 bits per heavy atom. The predicted octanol–water partition coefficient (Wildman–Crippen LogP) is 2.57. The molecule has 0 radical (unpaired) electrons. The van der Waals surface area contributed by atoms with E-state index in [1.165, 1.54) is 0 Å². The Morgan fingerprint density at radius 3 is 2.85 bits per heavy atom. The van der Waals surface area contributed by atoms with E-state index in [1.807, 2.05) is 37.5 Å². The first-order valence-corrected chi connectivity index (χ1v) is 11.2. The number of anilines is 2. The Hall–Kier alpha value is -4.31. The zero-order valence-corrected chi connectivity index (χ0v) is 18.6. The number of piperazine rings is 1. The van der Waals surface area contributed by atoms with Crippen molar-refractivity contribution in [3.8, 4) is 11.1 Å². The van der Waals surface area contributed by atoms with Crippen molar-refractivity contribution in [2.75, 3.05) is 36.4 Å². The number of aromatic amines is 1. The van der Waals surface area contributed by atoms with Gasteiger partial charge in [-0.05, 0) is 35.9 Å². The molecule has 1 fully saturated rings. The number of fused-ring (bicyclic) bond motifs is 2. The van der Waals surface area contributed by atoms with Crippen LogP contribution >= 0.6 is 0 Å². The molecule has 0 aliphatic carbocycles. The first-order chi connectivity index (χ1) is 16.7. The van der Waals surface area contributed by atoms with Gasteiger partial charge in [0, 0.05) is 62.1 Å². The average Bonchev–Trinajstić information content (AvgIpc) is 3.47. The van der Waals surface area contributed by atoms with Gasteiger partial charge in [-0.1, -0.05) is 11.3 Å². The maximum absolute atomic E-state index is 13.0. The Bertz CT molecular complexity index is 1510. The predicted molar refractivity (Wildman–Crippen MR) is 131 cm³/mol. The molecule has 1 aromatic carbocycles. The van der Waals surface area contributed by atoms with Gasteiger partial charge in [-0.25, -0.2) is 14.6 Å². The normalized spacial score (nSPS) is 14.1. The summed E-state index contributed by atoms with van der Waals surface area (Å²) in [6.45, 7) is 3.56. The van der Waals surface area contributed by atoms with E-state index in [4.69, 9.17) is 0 Å². The summed E-state index contributed by atoms with van der Waals surface area (Å²) < 4.78 is 1.75. The summed E-state index contributed by atoms with van der Waals surface area (Å²) in [5.41, 5.74) is 5.74. The number of carbonyl (C=O) groups excluding carboxylic acids is 1. The van der Waals surface area contributed by atoms with Crippen LogP contribution in [0, 0.1) is 0 Å². The van der Waals surface area contributed by atoms with Crippen molar-refractivity contribution >= 4 is 39.5 Å². The molecule has 0 unspecified atom stereocenters. The standard InChI is InChI=1S/C24H23N9O/c1-32-21-10-15(2-3-20(21)30-31-32)19-14-28-23-18(19)12-17(13-27-23)29-24(34)16-4-5-26-22(11-16)33-8-6-25-7-9-33/h2-5,10-14,25H,6-9H2,1H3,(H,27,28)(H,29,34). The third kappa shape index (κ3) is 3.63. The second-order valence-electron chi connectivity index (χ2n) is 8.33. The molecule has 1 aliphatic heterocycles. The Kier molecular flexibility index (Phi) is 4.92. The first-order valence-electron chi connectivity index (χ1n) is 11.2. The van der Waals surface area contributed by atoms with Crippen LogP contribution in [-0.4, -0.2) is 62.0 Å². The summed E-state index contributed by atoms with van der Waals surface area (Å²) in [5.74, 6) is 0.620. The summed E-state index contributed by atoms with van der Waals surface area (Å²) >= 11 is 0. The molecule has 0 atom stereocenters. The van der Waals surface area contributed by atoms with E-state index in [0.717, 1.165) is 65.2 Å². The number of H-pyrrole nitrogens is 1. The van der Waals surface area contributed by atoms with Gasteiger partial charge >= 0.3 is 0 Å². The molecule has 1 saturated heterocycles. The maximum Gasteiger partial charge on any atom is 0.255 e. The molecule has 5 aromatic rings.